The molecular formula is C15H18ClN3O. The summed E-state index contributed by atoms with van der Waals surface area (Å²) in [5.74, 6) is 1.72. The number of hydrogen-bond donors (Lipinski definition) is 1. The Morgan fingerprint density at radius 2 is 2.30 bits per heavy atom. The summed E-state index contributed by atoms with van der Waals surface area (Å²) in [6, 6.07) is 6.42. The van der Waals surface area contributed by atoms with E-state index in [1.54, 1.807) is 6.20 Å². The van der Waals surface area contributed by atoms with Crippen LogP contribution < -0.4 is 10.1 Å². The number of aromatic nitrogens is 2. The Kier molecular flexibility index (Phi) is 3.94. The number of nitrogens with one attached hydrogen (secondary N) is 1. The molecule has 0 amide bonds. The zero-order valence-electron chi connectivity index (χ0n) is 11.5. The summed E-state index contributed by atoms with van der Waals surface area (Å²) >= 11 is 6.28. The maximum Gasteiger partial charge on any atom is 0.146 e. The molecule has 1 fully saturated rings. The van der Waals surface area contributed by atoms with Gasteiger partial charge < -0.3 is 14.6 Å². The molecule has 2 aromatic rings. The molecule has 0 aliphatic heterocycles. The lowest BCUT2D eigenvalue weighted by Gasteiger charge is -2.13. The van der Waals surface area contributed by atoms with Crippen LogP contribution in [0.4, 0.5) is 0 Å². The van der Waals surface area contributed by atoms with Crippen molar-refractivity contribution in [3.05, 3.63) is 47.0 Å². The Hall–Kier alpha value is -1.52. The van der Waals surface area contributed by atoms with Crippen molar-refractivity contribution in [2.24, 2.45) is 7.05 Å². The van der Waals surface area contributed by atoms with Crippen LogP contribution >= 0.6 is 11.6 Å². The maximum absolute atomic E-state index is 6.28. The van der Waals surface area contributed by atoms with Gasteiger partial charge in [0.25, 0.3) is 0 Å². The highest BCUT2D eigenvalue weighted by Crippen LogP contribution is 2.28. The fraction of sp³-hybridized carbons (Fsp3) is 0.400. The van der Waals surface area contributed by atoms with Gasteiger partial charge in [-0.25, -0.2) is 4.98 Å². The topological polar surface area (TPSA) is 39.1 Å². The highest BCUT2D eigenvalue weighted by atomic mass is 35.5. The van der Waals surface area contributed by atoms with Gasteiger partial charge in [-0.1, -0.05) is 17.7 Å². The van der Waals surface area contributed by atoms with Gasteiger partial charge >= 0.3 is 0 Å². The van der Waals surface area contributed by atoms with Crippen molar-refractivity contribution >= 4 is 11.6 Å². The third-order valence-electron chi connectivity index (χ3n) is 3.50. The zero-order valence-corrected chi connectivity index (χ0v) is 12.2. The maximum atomic E-state index is 6.28. The number of halogens is 1. The van der Waals surface area contributed by atoms with E-state index < -0.39 is 0 Å². The normalized spacial score (nSPS) is 14.5. The Morgan fingerprint density at radius 3 is 3.00 bits per heavy atom. The first kappa shape index (κ1) is 13.5. The van der Waals surface area contributed by atoms with E-state index >= 15 is 0 Å². The molecule has 1 aliphatic carbocycles. The predicted octanol–water partition coefficient (Wildman–Crippen LogP) is 2.90. The van der Waals surface area contributed by atoms with E-state index in [1.165, 1.54) is 12.8 Å². The number of imidazole rings is 1. The third kappa shape index (κ3) is 3.14. The van der Waals surface area contributed by atoms with Crippen molar-refractivity contribution in [1.29, 1.82) is 0 Å². The van der Waals surface area contributed by atoms with Gasteiger partial charge in [-0.05, 0) is 25.0 Å². The second-order valence-electron chi connectivity index (χ2n) is 5.11. The summed E-state index contributed by atoms with van der Waals surface area (Å²) < 4.78 is 7.84. The molecule has 4 nitrogen and oxygen atoms in total. The largest absolute Gasteiger partial charge is 0.485 e. The van der Waals surface area contributed by atoms with Crippen LogP contribution in [0.25, 0.3) is 0 Å². The van der Waals surface area contributed by atoms with Crippen LogP contribution in [0.3, 0.4) is 0 Å². The van der Waals surface area contributed by atoms with Crippen molar-refractivity contribution in [2.75, 3.05) is 0 Å². The van der Waals surface area contributed by atoms with E-state index in [-0.39, 0.29) is 0 Å². The number of nitrogens with zero attached hydrogens (tertiary/aromatic N) is 2. The van der Waals surface area contributed by atoms with E-state index in [1.807, 2.05) is 36.0 Å². The molecule has 1 N–H and O–H groups in total. The number of benzene rings is 1. The number of rotatable bonds is 6. The van der Waals surface area contributed by atoms with Gasteiger partial charge in [-0.15, -0.1) is 0 Å². The first-order valence-electron chi connectivity index (χ1n) is 6.84. The lowest BCUT2D eigenvalue weighted by molar-refractivity contribution is 0.288. The van der Waals surface area contributed by atoms with Crippen LogP contribution in [0.1, 0.15) is 24.2 Å². The van der Waals surface area contributed by atoms with E-state index in [0.717, 1.165) is 28.7 Å². The van der Waals surface area contributed by atoms with Gasteiger partial charge in [0.15, 0.2) is 0 Å². The molecule has 0 saturated heterocycles. The van der Waals surface area contributed by atoms with Crippen LogP contribution in [0.15, 0.2) is 30.6 Å². The van der Waals surface area contributed by atoms with Crippen LogP contribution in [0.5, 0.6) is 5.75 Å². The minimum absolute atomic E-state index is 0.445. The van der Waals surface area contributed by atoms with E-state index in [2.05, 4.69) is 10.3 Å². The SMILES string of the molecule is Cn1ccnc1COc1cccc(Cl)c1CNC1CC1. The molecule has 0 radical (unpaired) electrons. The van der Waals surface area contributed by atoms with Gasteiger partial charge in [0, 0.05) is 42.6 Å². The van der Waals surface area contributed by atoms with Crippen LogP contribution in [-0.2, 0) is 20.2 Å². The van der Waals surface area contributed by atoms with Crippen molar-refractivity contribution in [1.82, 2.24) is 14.9 Å². The number of hydrogen-bond acceptors (Lipinski definition) is 3. The number of ether oxygens (including phenoxy) is 1. The Balaban J connectivity index is 1.70. The van der Waals surface area contributed by atoms with E-state index in [0.29, 0.717) is 12.6 Å². The summed E-state index contributed by atoms with van der Waals surface area (Å²) in [6.45, 7) is 1.19. The highest BCUT2D eigenvalue weighted by Gasteiger charge is 2.21. The summed E-state index contributed by atoms with van der Waals surface area (Å²) in [4.78, 5) is 4.26. The second-order valence-corrected chi connectivity index (χ2v) is 5.52. The molecule has 106 valence electrons. The lowest BCUT2D eigenvalue weighted by atomic mass is 10.2. The standard InChI is InChI=1S/C15H18ClN3O/c1-19-8-7-17-15(19)10-20-14-4-2-3-13(16)12(14)9-18-11-5-6-11/h2-4,7-8,11,18H,5-6,9-10H2,1H3. The minimum Gasteiger partial charge on any atom is -0.485 e. The third-order valence-corrected chi connectivity index (χ3v) is 3.85. The first-order valence-corrected chi connectivity index (χ1v) is 7.21. The van der Waals surface area contributed by atoms with E-state index in [4.69, 9.17) is 16.3 Å². The Bertz CT molecular complexity index is 593. The molecule has 5 heteroatoms. The molecule has 0 bridgehead atoms. The van der Waals surface area contributed by atoms with Crippen molar-refractivity contribution in [3.8, 4) is 5.75 Å². The molecule has 1 saturated carbocycles. The van der Waals surface area contributed by atoms with Crippen molar-refractivity contribution < 1.29 is 4.74 Å². The molecule has 1 heterocycles. The fourth-order valence-corrected chi connectivity index (χ4v) is 2.29. The summed E-state index contributed by atoms with van der Waals surface area (Å²) in [6.07, 6.45) is 6.19. The second kappa shape index (κ2) is 5.85. The molecule has 1 aromatic heterocycles. The highest BCUT2D eigenvalue weighted by molar-refractivity contribution is 6.31. The Morgan fingerprint density at radius 1 is 1.45 bits per heavy atom. The lowest BCUT2D eigenvalue weighted by Crippen LogP contribution is -2.16. The average Bonchev–Trinajstić information content (AvgIpc) is 3.17. The molecule has 0 unspecified atom stereocenters. The zero-order chi connectivity index (χ0) is 13.9. The summed E-state index contributed by atoms with van der Waals surface area (Å²) in [5.41, 5.74) is 1.02. The van der Waals surface area contributed by atoms with Gasteiger partial charge in [0.05, 0.1) is 0 Å². The monoisotopic (exact) mass is 291 g/mol. The van der Waals surface area contributed by atoms with Crippen LogP contribution in [0.2, 0.25) is 5.02 Å². The Labute approximate surface area is 123 Å². The van der Waals surface area contributed by atoms with Crippen molar-refractivity contribution in [3.63, 3.8) is 0 Å². The fourth-order valence-electron chi connectivity index (χ4n) is 2.06. The average molecular weight is 292 g/mol. The quantitative estimate of drug-likeness (QED) is 0.889. The molecule has 1 aliphatic rings. The smallest absolute Gasteiger partial charge is 0.146 e. The van der Waals surface area contributed by atoms with E-state index in [9.17, 15) is 0 Å². The molecule has 20 heavy (non-hydrogen) atoms. The summed E-state index contributed by atoms with van der Waals surface area (Å²) in [5, 5.41) is 4.22. The molecule has 0 atom stereocenters. The molecule has 0 spiro atoms. The first-order chi connectivity index (χ1) is 9.74. The van der Waals surface area contributed by atoms with Gasteiger partial charge in [-0.2, -0.15) is 0 Å². The van der Waals surface area contributed by atoms with Gasteiger partial charge in [0.2, 0.25) is 0 Å². The minimum atomic E-state index is 0.445. The molecular weight excluding hydrogens is 274 g/mol. The van der Waals surface area contributed by atoms with Crippen LogP contribution in [-0.4, -0.2) is 15.6 Å². The van der Waals surface area contributed by atoms with Crippen LogP contribution in [0, 0.1) is 0 Å². The predicted molar refractivity (Wildman–Crippen MR) is 78.9 cm³/mol. The molecule has 3 rings (SSSR count). The van der Waals surface area contributed by atoms with Crippen molar-refractivity contribution in [2.45, 2.75) is 32.0 Å². The van der Waals surface area contributed by atoms with Gasteiger partial charge in [-0.3, -0.25) is 0 Å². The molecule has 1 aromatic carbocycles. The van der Waals surface area contributed by atoms with Gasteiger partial charge in [0.1, 0.15) is 18.2 Å². The summed E-state index contributed by atoms with van der Waals surface area (Å²) in [7, 11) is 1.96. The number of aryl methyl sites for hydroxylation is 1.